The molecule has 6 nitrogen and oxygen atoms in total. The minimum Gasteiger partial charge on any atom is -0.506 e. The van der Waals surface area contributed by atoms with Gasteiger partial charge in [0.15, 0.2) is 0 Å². The first-order chi connectivity index (χ1) is 13.3. The van der Waals surface area contributed by atoms with Crippen molar-refractivity contribution in [2.75, 3.05) is 10.0 Å². The number of para-hydroxylation sites is 2. The van der Waals surface area contributed by atoms with E-state index in [-0.39, 0.29) is 21.9 Å². The molecule has 144 valence electrons. The molecule has 3 N–H and O–H groups in total. The van der Waals surface area contributed by atoms with Gasteiger partial charge in [0.25, 0.3) is 15.9 Å². The third-order valence-electron chi connectivity index (χ3n) is 4.22. The summed E-state index contributed by atoms with van der Waals surface area (Å²) in [7, 11) is -3.86. The quantitative estimate of drug-likeness (QED) is 0.567. The summed E-state index contributed by atoms with van der Waals surface area (Å²) in [6.07, 6.45) is 0. The van der Waals surface area contributed by atoms with E-state index in [9.17, 15) is 18.3 Å². The largest absolute Gasteiger partial charge is 0.506 e. The Morgan fingerprint density at radius 3 is 2.29 bits per heavy atom. The van der Waals surface area contributed by atoms with Crippen LogP contribution in [0.5, 0.6) is 5.75 Å². The molecule has 0 aliphatic heterocycles. The van der Waals surface area contributed by atoms with Gasteiger partial charge in [-0.15, -0.1) is 0 Å². The smallest absolute Gasteiger partial charge is 0.261 e. The molecule has 3 aromatic rings. The minimum atomic E-state index is -3.86. The van der Waals surface area contributed by atoms with Crippen LogP contribution in [0.1, 0.15) is 21.5 Å². The van der Waals surface area contributed by atoms with Crippen molar-refractivity contribution in [2.24, 2.45) is 0 Å². The van der Waals surface area contributed by atoms with Crippen LogP contribution >= 0.6 is 0 Å². The molecule has 3 aromatic carbocycles. The molecule has 0 aromatic heterocycles. The van der Waals surface area contributed by atoms with Gasteiger partial charge in [0.1, 0.15) is 5.75 Å². The van der Waals surface area contributed by atoms with E-state index in [4.69, 9.17) is 0 Å². The first-order valence-electron chi connectivity index (χ1n) is 8.56. The zero-order valence-corrected chi connectivity index (χ0v) is 16.2. The maximum Gasteiger partial charge on any atom is 0.261 e. The summed E-state index contributed by atoms with van der Waals surface area (Å²) < 4.78 is 27.9. The fraction of sp³-hybridized carbons (Fsp3) is 0.0952. The summed E-state index contributed by atoms with van der Waals surface area (Å²) in [5, 5.41) is 12.4. The lowest BCUT2D eigenvalue weighted by Crippen LogP contribution is -2.17. The van der Waals surface area contributed by atoms with Gasteiger partial charge in [0, 0.05) is 11.3 Å². The highest BCUT2D eigenvalue weighted by atomic mass is 32.2. The number of aromatic hydroxyl groups is 1. The maximum atomic E-state index is 12.7. The first kappa shape index (κ1) is 19.4. The van der Waals surface area contributed by atoms with Crippen molar-refractivity contribution in [1.82, 2.24) is 0 Å². The second-order valence-corrected chi connectivity index (χ2v) is 8.10. The Morgan fingerprint density at radius 2 is 1.61 bits per heavy atom. The molecule has 0 unspecified atom stereocenters. The minimum absolute atomic E-state index is 0.0268. The highest BCUT2D eigenvalue weighted by Gasteiger charge is 2.19. The fourth-order valence-electron chi connectivity index (χ4n) is 2.62. The molecule has 0 spiro atoms. The Balaban J connectivity index is 1.89. The van der Waals surface area contributed by atoms with E-state index in [1.165, 1.54) is 18.2 Å². The van der Waals surface area contributed by atoms with Crippen LogP contribution in [0.2, 0.25) is 0 Å². The zero-order valence-electron chi connectivity index (χ0n) is 15.4. The normalized spacial score (nSPS) is 11.1. The summed E-state index contributed by atoms with van der Waals surface area (Å²) in [5.41, 5.74) is 2.52. The molecule has 1 amide bonds. The number of hydrogen-bond donors (Lipinski definition) is 3. The number of anilines is 2. The van der Waals surface area contributed by atoms with Crippen LogP contribution in [0.4, 0.5) is 11.4 Å². The third kappa shape index (κ3) is 4.32. The van der Waals surface area contributed by atoms with E-state index >= 15 is 0 Å². The van der Waals surface area contributed by atoms with E-state index in [1.54, 1.807) is 55.5 Å². The molecule has 28 heavy (non-hydrogen) atoms. The van der Waals surface area contributed by atoms with Crippen molar-refractivity contribution in [1.29, 1.82) is 0 Å². The molecule has 0 aliphatic rings. The summed E-state index contributed by atoms with van der Waals surface area (Å²) in [6, 6.07) is 17.6. The number of nitrogens with one attached hydrogen (secondary N) is 2. The highest BCUT2D eigenvalue weighted by molar-refractivity contribution is 7.92. The van der Waals surface area contributed by atoms with Crippen molar-refractivity contribution < 1.29 is 18.3 Å². The number of amides is 1. The Kier molecular flexibility index (Phi) is 5.37. The predicted molar refractivity (Wildman–Crippen MR) is 109 cm³/mol. The average Bonchev–Trinajstić information content (AvgIpc) is 2.65. The van der Waals surface area contributed by atoms with Gasteiger partial charge in [-0.3, -0.25) is 9.52 Å². The molecule has 0 heterocycles. The average molecular weight is 396 g/mol. The molecule has 0 aliphatic carbocycles. The van der Waals surface area contributed by atoms with Gasteiger partial charge in [-0.05, 0) is 55.8 Å². The summed E-state index contributed by atoms with van der Waals surface area (Å²) >= 11 is 0. The molecular weight excluding hydrogens is 376 g/mol. The summed E-state index contributed by atoms with van der Waals surface area (Å²) in [6.45, 7) is 3.62. The van der Waals surface area contributed by atoms with E-state index in [1.807, 2.05) is 6.92 Å². The van der Waals surface area contributed by atoms with Crippen LogP contribution in [-0.2, 0) is 10.0 Å². The SMILES string of the molecule is Cc1ccc(NS(=O)(=O)c2ccc(C)c(C(=O)Nc3ccccc3O)c2)cc1. The van der Waals surface area contributed by atoms with Gasteiger partial charge in [-0.25, -0.2) is 8.42 Å². The van der Waals surface area contributed by atoms with Crippen LogP contribution in [0.3, 0.4) is 0 Å². The Hall–Kier alpha value is -3.32. The lowest BCUT2D eigenvalue weighted by molar-refractivity contribution is 0.102. The van der Waals surface area contributed by atoms with E-state index < -0.39 is 15.9 Å². The Morgan fingerprint density at radius 1 is 0.929 bits per heavy atom. The van der Waals surface area contributed by atoms with Crippen LogP contribution in [0, 0.1) is 13.8 Å². The van der Waals surface area contributed by atoms with Crippen LogP contribution in [-0.4, -0.2) is 19.4 Å². The molecular formula is C21H20N2O4S. The number of sulfonamides is 1. The van der Waals surface area contributed by atoms with Crippen molar-refractivity contribution in [3.05, 3.63) is 83.4 Å². The number of phenols is 1. The Bertz CT molecular complexity index is 1120. The van der Waals surface area contributed by atoms with E-state index in [0.717, 1.165) is 5.56 Å². The molecule has 7 heteroatoms. The number of phenolic OH excluding ortho intramolecular Hbond substituents is 1. The van der Waals surface area contributed by atoms with Crippen LogP contribution in [0.15, 0.2) is 71.6 Å². The van der Waals surface area contributed by atoms with Gasteiger partial charge >= 0.3 is 0 Å². The molecule has 0 atom stereocenters. The van der Waals surface area contributed by atoms with Crippen LogP contribution in [0.25, 0.3) is 0 Å². The van der Waals surface area contributed by atoms with E-state index in [0.29, 0.717) is 11.3 Å². The molecule has 0 saturated heterocycles. The van der Waals surface area contributed by atoms with Gasteiger partial charge in [-0.1, -0.05) is 35.9 Å². The number of hydrogen-bond acceptors (Lipinski definition) is 4. The number of rotatable bonds is 5. The second-order valence-electron chi connectivity index (χ2n) is 6.42. The standard InChI is InChI=1S/C21H20N2O4S/c1-14-7-10-16(11-8-14)23-28(26,27)17-12-9-15(2)18(13-17)21(25)22-19-5-3-4-6-20(19)24/h3-13,23-24H,1-2H3,(H,22,25). The monoisotopic (exact) mass is 396 g/mol. The Labute approximate surface area is 163 Å². The molecule has 0 saturated carbocycles. The molecule has 0 radical (unpaired) electrons. The topological polar surface area (TPSA) is 95.5 Å². The summed E-state index contributed by atoms with van der Waals surface area (Å²) in [4.78, 5) is 12.6. The highest BCUT2D eigenvalue weighted by Crippen LogP contribution is 2.24. The van der Waals surface area contributed by atoms with Gasteiger partial charge in [-0.2, -0.15) is 0 Å². The number of benzene rings is 3. The zero-order chi connectivity index (χ0) is 20.3. The first-order valence-corrected chi connectivity index (χ1v) is 10.0. The van der Waals surface area contributed by atoms with Crippen LogP contribution < -0.4 is 10.0 Å². The lowest BCUT2D eigenvalue weighted by Gasteiger charge is -2.12. The fourth-order valence-corrected chi connectivity index (χ4v) is 3.70. The van der Waals surface area contributed by atoms with E-state index in [2.05, 4.69) is 10.0 Å². The van der Waals surface area contributed by atoms with Crippen molar-refractivity contribution in [3.63, 3.8) is 0 Å². The number of carbonyl (C=O) groups excluding carboxylic acids is 1. The number of aryl methyl sites for hydroxylation is 2. The summed E-state index contributed by atoms with van der Waals surface area (Å²) in [5.74, 6) is -0.579. The molecule has 0 fully saturated rings. The molecule has 3 rings (SSSR count). The maximum absolute atomic E-state index is 12.7. The van der Waals surface area contributed by atoms with Gasteiger partial charge < -0.3 is 10.4 Å². The molecule has 0 bridgehead atoms. The lowest BCUT2D eigenvalue weighted by atomic mass is 10.1. The number of carbonyl (C=O) groups is 1. The van der Waals surface area contributed by atoms with Crippen molar-refractivity contribution in [3.8, 4) is 5.75 Å². The van der Waals surface area contributed by atoms with Gasteiger partial charge in [0.2, 0.25) is 0 Å². The van der Waals surface area contributed by atoms with Gasteiger partial charge in [0.05, 0.1) is 10.6 Å². The second kappa shape index (κ2) is 7.74. The van der Waals surface area contributed by atoms with Crippen molar-refractivity contribution in [2.45, 2.75) is 18.7 Å². The third-order valence-corrected chi connectivity index (χ3v) is 5.60. The van der Waals surface area contributed by atoms with Crippen molar-refractivity contribution >= 4 is 27.3 Å². The predicted octanol–water partition coefficient (Wildman–Crippen LogP) is 4.06.